The SMILES string of the molecule is O=C(O)c1cc2ccc(N3CC(F)C3)cc2o1. The third-order valence-corrected chi connectivity index (χ3v) is 2.92. The van der Waals surface area contributed by atoms with Crippen molar-refractivity contribution in [2.24, 2.45) is 0 Å². The highest BCUT2D eigenvalue weighted by Gasteiger charge is 2.26. The molecule has 3 rings (SSSR count). The first-order valence-electron chi connectivity index (χ1n) is 5.29. The van der Waals surface area contributed by atoms with Crippen LogP contribution >= 0.6 is 0 Å². The van der Waals surface area contributed by atoms with Crippen LogP contribution in [-0.2, 0) is 0 Å². The summed E-state index contributed by atoms with van der Waals surface area (Å²) in [5, 5.41) is 9.54. The van der Waals surface area contributed by atoms with Crippen molar-refractivity contribution >= 4 is 22.6 Å². The minimum atomic E-state index is -1.09. The number of fused-ring (bicyclic) bond motifs is 1. The third kappa shape index (κ3) is 1.63. The number of benzene rings is 1. The van der Waals surface area contributed by atoms with E-state index in [4.69, 9.17) is 9.52 Å². The number of alkyl halides is 1. The number of carboxylic acids is 1. The van der Waals surface area contributed by atoms with Gasteiger partial charge in [-0.15, -0.1) is 0 Å². The molecule has 0 atom stereocenters. The predicted octanol–water partition coefficient (Wildman–Crippen LogP) is 2.29. The smallest absolute Gasteiger partial charge is 0.371 e. The molecule has 0 spiro atoms. The van der Waals surface area contributed by atoms with Crippen LogP contribution in [0.4, 0.5) is 10.1 Å². The van der Waals surface area contributed by atoms with Gasteiger partial charge in [-0.25, -0.2) is 9.18 Å². The summed E-state index contributed by atoms with van der Waals surface area (Å²) in [5.74, 6) is -1.17. The Labute approximate surface area is 96.2 Å². The average Bonchev–Trinajstić information content (AvgIpc) is 2.67. The van der Waals surface area contributed by atoms with Gasteiger partial charge < -0.3 is 14.4 Å². The zero-order valence-electron chi connectivity index (χ0n) is 8.89. The number of nitrogens with zero attached hydrogens (tertiary/aromatic N) is 1. The lowest BCUT2D eigenvalue weighted by atomic mass is 10.1. The summed E-state index contributed by atoms with van der Waals surface area (Å²) < 4.78 is 17.9. The van der Waals surface area contributed by atoms with Gasteiger partial charge in [0.05, 0.1) is 13.1 Å². The minimum absolute atomic E-state index is 0.0795. The van der Waals surface area contributed by atoms with Gasteiger partial charge in [0.2, 0.25) is 5.76 Å². The fourth-order valence-electron chi connectivity index (χ4n) is 1.96. The largest absolute Gasteiger partial charge is 0.475 e. The molecule has 17 heavy (non-hydrogen) atoms. The summed E-state index contributed by atoms with van der Waals surface area (Å²) in [5.41, 5.74) is 1.37. The molecule has 0 aliphatic carbocycles. The number of hydrogen-bond acceptors (Lipinski definition) is 3. The summed E-state index contributed by atoms with van der Waals surface area (Å²) in [6.45, 7) is 0.774. The number of hydrogen-bond donors (Lipinski definition) is 1. The van der Waals surface area contributed by atoms with Gasteiger partial charge in [-0.1, -0.05) is 0 Å². The Bertz CT molecular complexity index is 586. The van der Waals surface area contributed by atoms with Crippen LogP contribution in [0.3, 0.4) is 0 Å². The molecule has 1 aromatic heterocycles. The van der Waals surface area contributed by atoms with Crippen molar-refractivity contribution in [3.05, 3.63) is 30.0 Å². The monoisotopic (exact) mass is 235 g/mol. The van der Waals surface area contributed by atoms with Crippen LogP contribution in [0.25, 0.3) is 11.0 Å². The molecule has 1 fully saturated rings. The highest BCUT2D eigenvalue weighted by atomic mass is 19.1. The van der Waals surface area contributed by atoms with Crippen molar-refractivity contribution in [2.45, 2.75) is 6.17 Å². The van der Waals surface area contributed by atoms with E-state index in [0.717, 1.165) is 11.1 Å². The van der Waals surface area contributed by atoms with Gasteiger partial charge in [0.25, 0.3) is 0 Å². The summed E-state index contributed by atoms with van der Waals surface area (Å²) in [6.07, 6.45) is -0.767. The highest BCUT2D eigenvalue weighted by molar-refractivity contribution is 5.92. The van der Waals surface area contributed by atoms with Crippen LogP contribution in [0, 0.1) is 0 Å². The minimum Gasteiger partial charge on any atom is -0.475 e. The van der Waals surface area contributed by atoms with Gasteiger partial charge in [0.1, 0.15) is 11.8 Å². The van der Waals surface area contributed by atoms with Crippen molar-refractivity contribution in [3.8, 4) is 0 Å². The van der Waals surface area contributed by atoms with Gasteiger partial charge in [-0.3, -0.25) is 0 Å². The Morgan fingerprint density at radius 1 is 1.41 bits per heavy atom. The lowest BCUT2D eigenvalue weighted by Gasteiger charge is -2.36. The van der Waals surface area contributed by atoms with Gasteiger partial charge in [0, 0.05) is 17.1 Å². The number of carbonyl (C=O) groups is 1. The maximum atomic E-state index is 12.7. The number of anilines is 1. The first-order valence-corrected chi connectivity index (χ1v) is 5.29. The van der Waals surface area contributed by atoms with Crippen molar-refractivity contribution in [3.63, 3.8) is 0 Å². The molecular weight excluding hydrogens is 225 g/mol. The molecule has 2 aromatic rings. The number of furan rings is 1. The maximum absolute atomic E-state index is 12.7. The van der Waals surface area contributed by atoms with Gasteiger partial charge in [-0.2, -0.15) is 0 Å². The Hall–Kier alpha value is -2.04. The standard InChI is InChI=1S/C12H10FNO3/c13-8-5-14(6-8)9-2-1-7-3-11(12(15)16)17-10(7)4-9/h1-4,8H,5-6H2,(H,15,16). The maximum Gasteiger partial charge on any atom is 0.371 e. The fourth-order valence-corrected chi connectivity index (χ4v) is 1.96. The van der Waals surface area contributed by atoms with Gasteiger partial charge in [0.15, 0.2) is 0 Å². The van der Waals surface area contributed by atoms with E-state index in [-0.39, 0.29) is 5.76 Å². The van der Waals surface area contributed by atoms with E-state index >= 15 is 0 Å². The molecule has 88 valence electrons. The quantitative estimate of drug-likeness (QED) is 0.867. The zero-order valence-corrected chi connectivity index (χ0v) is 8.89. The number of halogens is 1. The summed E-state index contributed by atoms with van der Waals surface area (Å²) in [4.78, 5) is 12.6. The van der Waals surface area contributed by atoms with E-state index in [1.54, 1.807) is 12.1 Å². The molecule has 4 nitrogen and oxygen atoms in total. The third-order valence-electron chi connectivity index (χ3n) is 2.92. The van der Waals surface area contributed by atoms with E-state index < -0.39 is 12.1 Å². The number of carboxylic acid groups (broad SMARTS) is 1. The second-order valence-corrected chi connectivity index (χ2v) is 4.14. The van der Waals surface area contributed by atoms with Crippen LogP contribution < -0.4 is 4.90 Å². The van der Waals surface area contributed by atoms with Crippen LogP contribution in [0.1, 0.15) is 10.6 Å². The highest BCUT2D eigenvalue weighted by Crippen LogP contribution is 2.28. The summed E-state index contributed by atoms with van der Waals surface area (Å²) in [7, 11) is 0. The topological polar surface area (TPSA) is 53.7 Å². The molecule has 0 bridgehead atoms. The van der Waals surface area contributed by atoms with Crippen molar-refractivity contribution < 1.29 is 18.7 Å². The molecule has 0 amide bonds. The summed E-state index contributed by atoms with van der Waals surface area (Å²) in [6, 6.07) is 6.85. The predicted molar refractivity (Wildman–Crippen MR) is 60.3 cm³/mol. The Morgan fingerprint density at radius 3 is 2.82 bits per heavy atom. The van der Waals surface area contributed by atoms with Crippen molar-refractivity contribution in [2.75, 3.05) is 18.0 Å². The second-order valence-electron chi connectivity index (χ2n) is 4.14. The molecule has 1 aliphatic rings. The first kappa shape index (κ1) is 10.1. The van der Waals surface area contributed by atoms with Crippen LogP contribution in [0.2, 0.25) is 0 Å². The Kier molecular flexibility index (Phi) is 2.07. The molecule has 1 aromatic carbocycles. The Morgan fingerprint density at radius 2 is 2.18 bits per heavy atom. The van der Waals surface area contributed by atoms with E-state index in [1.807, 2.05) is 11.0 Å². The average molecular weight is 235 g/mol. The van der Waals surface area contributed by atoms with Crippen molar-refractivity contribution in [1.82, 2.24) is 0 Å². The molecular formula is C12H10FNO3. The lowest BCUT2D eigenvalue weighted by Crippen LogP contribution is -2.48. The second kappa shape index (κ2) is 3.48. The fraction of sp³-hybridized carbons (Fsp3) is 0.250. The number of rotatable bonds is 2. The zero-order chi connectivity index (χ0) is 12.0. The molecule has 2 heterocycles. The van der Waals surface area contributed by atoms with E-state index in [1.165, 1.54) is 6.07 Å². The molecule has 0 saturated carbocycles. The molecule has 1 aliphatic heterocycles. The van der Waals surface area contributed by atoms with Crippen LogP contribution in [0.15, 0.2) is 28.7 Å². The van der Waals surface area contributed by atoms with Crippen LogP contribution in [-0.4, -0.2) is 30.3 Å². The van der Waals surface area contributed by atoms with Crippen molar-refractivity contribution in [1.29, 1.82) is 0 Å². The van der Waals surface area contributed by atoms with E-state index in [0.29, 0.717) is 18.7 Å². The van der Waals surface area contributed by atoms with E-state index in [2.05, 4.69) is 0 Å². The molecule has 5 heteroatoms. The first-order chi connectivity index (χ1) is 8.13. The lowest BCUT2D eigenvalue weighted by molar-refractivity contribution is 0.0665. The Balaban J connectivity index is 1.98. The summed E-state index contributed by atoms with van der Waals surface area (Å²) >= 11 is 0. The normalized spacial score (nSPS) is 16.2. The molecule has 1 N–H and O–H groups in total. The molecule has 1 saturated heterocycles. The molecule has 0 radical (unpaired) electrons. The van der Waals surface area contributed by atoms with Gasteiger partial charge >= 0.3 is 5.97 Å². The van der Waals surface area contributed by atoms with Crippen LogP contribution in [0.5, 0.6) is 0 Å². The van der Waals surface area contributed by atoms with Gasteiger partial charge in [-0.05, 0) is 18.2 Å². The van der Waals surface area contributed by atoms with E-state index in [9.17, 15) is 9.18 Å². The molecule has 0 unspecified atom stereocenters. The number of aromatic carboxylic acids is 1.